The lowest BCUT2D eigenvalue weighted by Gasteiger charge is -2.30. The lowest BCUT2D eigenvalue weighted by Crippen LogP contribution is -2.38. The Hall–Kier alpha value is -2.55. The average molecular weight is 430 g/mol. The van der Waals surface area contributed by atoms with Gasteiger partial charge in [0.1, 0.15) is 5.82 Å². The Kier molecular flexibility index (Phi) is 7.73. The smallest absolute Gasteiger partial charge is 0.289 e. The molecule has 1 aromatic carbocycles. The zero-order valence-corrected chi connectivity index (χ0v) is 18.5. The zero-order chi connectivity index (χ0) is 21.5. The molecule has 1 heterocycles. The molecule has 0 radical (unpaired) electrons. The summed E-state index contributed by atoms with van der Waals surface area (Å²) in [6, 6.07) is 5.99. The highest BCUT2D eigenvalue weighted by molar-refractivity contribution is 7.98. The number of thioether (sulfide) groups is 1. The number of aromatic nitrogens is 2. The number of aryl methyl sites for hydroxylation is 1. The highest BCUT2D eigenvalue weighted by atomic mass is 32.2. The zero-order valence-electron chi connectivity index (χ0n) is 17.6. The molecule has 30 heavy (non-hydrogen) atoms. The number of nitrogens with zero attached hydrogens (tertiary/aromatic N) is 3. The topological polar surface area (TPSA) is 131 Å². The molecule has 0 spiro atoms. The van der Waals surface area contributed by atoms with E-state index in [0.717, 1.165) is 54.3 Å². The third-order valence-corrected chi connectivity index (χ3v) is 5.93. The predicted molar refractivity (Wildman–Crippen MR) is 125 cm³/mol. The largest absolute Gasteiger partial charge is 0.370 e. The quantitative estimate of drug-likeness (QED) is 0.288. The van der Waals surface area contributed by atoms with Crippen LogP contribution in [0.5, 0.6) is 0 Å². The minimum atomic E-state index is -0.258. The number of guanidine groups is 1. The van der Waals surface area contributed by atoms with Crippen LogP contribution in [0.4, 0.5) is 5.82 Å². The molecule has 2 unspecified atom stereocenters. The van der Waals surface area contributed by atoms with Crippen LogP contribution in [0.1, 0.15) is 48.3 Å². The molecule has 1 aromatic heterocycles. The van der Waals surface area contributed by atoms with Gasteiger partial charge in [0.2, 0.25) is 5.82 Å². The third kappa shape index (κ3) is 5.75. The van der Waals surface area contributed by atoms with Gasteiger partial charge in [-0.25, -0.2) is 15.0 Å². The fraction of sp³-hybridized carbons (Fsp3) is 0.524. The molecule has 0 saturated heterocycles. The van der Waals surface area contributed by atoms with Crippen molar-refractivity contribution in [2.75, 3.05) is 23.9 Å². The predicted octanol–water partition coefficient (Wildman–Crippen LogP) is 2.42. The normalized spacial score (nSPS) is 18.7. The van der Waals surface area contributed by atoms with Crippen LogP contribution < -0.4 is 22.1 Å². The molecule has 0 aliphatic heterocycles. The van der Waals surface area contributed by atoms with Crippen LogP contribution >= 0.6 is 11.8 Å². The number of rotatable bonds is 8. The second kappa shape index (κ2) is 10.5. The summed E-state index contributed by atoms with van der Waals surface area (Å²) in [4.78, 5) is 26.2. The summed E-state index contributed by atoms with van der Waals surface area (Å²) < 4.78 is 0. The number of nitrogens with one attached hydrogen (secondary N) is 2. The van der Waals surface area contributed by atoms with Gasteiger partial charge in [0.05, 0.1) is 17.6 Å². The number of fused-ring (bicyclic) bond motifs is 1. The minimum absolute atomic E-state index is 0.0117. The first-order valence-electron chi connectivity index (χ1n) is 10.4. The Bertz CT molecular complexity index is 914. The van der Waals surface area contributed by atoms with E-state index in [0.29, 0.717) is 12.4 Å². The molecule has 9 heteroatoms. The molecule has 1 amide bonds. The van der Waals surface area contributed by atoms with E-state index in [1.54, 1.807) is 11.8 Å². The van der Waals surface area contributed by atoms with Gasteiger partial charge in [0.25, 0.3) is 5.91 Å². The molecule has 1 saturated carbocycles. The number of nitrogens with two attached hydrogens (primary N) is 2. The number of amides is 1. The Morgan fingerprint density at radius 3 is 2.83 bits per heavy atom. The maximum absolute atomic E-state index is 12.6. The SMILES string of the molecule is CSCCCNC(=O)c1nc(NC2CCCCC2N=C(N)N)c2cc(C)ccc2n1. The number of benzene rings is 1. The maximum atomic E-state index is 12.6. The van der Waals surface area contributed by atoms with E-state index in [-0.39, 0.29) is 29.8 Å². The van der Waals surface area contributed by atoms with E-state index in [9.17, 15) is 4.79 Å². The van der Waals surface area contributed by atoms with Crippen molar-refractivity contribution in [2.24, 2.45) is 16.5 Å². The van der Waals surface area contributed by atoms with Crippen molar-refractivity contribution >= 4 is 40.3 Å². The molecule has 2 aromatic rings. The van der Waals surface area contributed by atoms with Crippen molar-refractivity contribution in [3.05, 3.63) is 29.6 Å². The second-order valence-corrected chi connectivity index (χ2v) is 8.66. The number of hydrogen-bond acceptors (Lipinski definition) is 6. The highest BCUT2D eigenvalue weighted by Crippen LogP contribution is 2.28. The number of carbonyl (C=O) groups excluding carboxylic acids is 1. The van der Waals surface area contributed by atoms with Crippen LogP contribution in [-0.2, 0) is 0 Å². The fourth-order valence-electron chi connectivity index (χ4n) is 3.75. The summed E-state index contributed by atoms with van der Waals surface area (Å²) in [7, 11) is 0. The van der Waals surface area contributed by atoms with Crippen molar-refractivity contribution in [3.8, 4) is 0 Å². The van der Waals surface area contributed by atoms with Crippen molar-refractivity contribution < 1.29 is 4.79 Å². The summed E-state index contributed by atoms with van der Waals surface area (Å²) in [5.74, 6) is 1.67. The van der Waals surface area contributed by atoms with E-state index in [1.165, 1.54) is 0 Å². The van der Waals surface area contributed by atoms with Crippen LogP contribution in [0.2, 0.25) is 0 Å². The summed E-state index contributed by atoms with van der Waals surface area (Å²) in [5, 5.41) is 7.33. The van der Waals surface area contributed by atoms with E-state index >= 15 is 0 Å². The second-order valence-electron chi connectivity index (χ2n) is 7.68. The van der Waals surface area contributed by atoms with Gasteiger partial charge in [-0.15, -0.1) is 0 Å². The molecular formula is C21H31N7OS. The van der Waals surface area contributed by atoms with Crippen molar-refractivity contribution in [1.82, 2.24) is 15.3 Å². The number of hydrogen-bond donors (Lipinski definition) is 4. The maximum Gasteiger partial charge on any atom is 0.289 e. The van der Waals surface area contributed by atoms with Crippen molar-refractivity contribution in [3.63, 3.8) is 0 Å². The first-order valence-corrected chi connectivity index (χ1v) is 11.8. The lowest BCUT2D eigenvalue weighted by atomic mass is 9.90. The Morgan fingerprint density at radius 2 is 2.07 bits per heavy atom. The number of aliphatic imine (C=N–C) groups is 1. The summed E-state index contributed by atoms with van der Waals surface area (Å²) in [6.07, 6.45) is 7.00. The first-order chi connectivity index (χ1) is 14.5. The van der Waals surface area contributed by atoms with Crippen LogP contribution in [0.3, 0.4) is 0 Å². The first kappa shape index (κ1) is 22.1. The van der Waals surface area contributed by atoms with Crippen molar-refractivity contribution in [1.29, 1.82) is 0 Å². The molecule has 3 rings (SSSR count). The van der Waals surface area contributed by atoms with Gasteiger partial charge < -0.3 is 22.1 Å². The molecule has 1 aliphatic carbocycles. The van der Waals surface area contributed by atoms with Crippen LogP contribution in [-0.4, -0.2) is 52.5 Å². The monoisotopic (exact) mass is 429 g/mol. The number of anilines is 1. The van der Waals surface area contributed by atoms with Gasteiger partial charge in [-0.1, -0.05) is 24.5 Å². The molecule has 0 bridgehead atoms. The van der Waals surface area contributed by atoms with Gasteiger partial charge in [-0.3, -0.25) is 4.79 Å². The van der Waals surface area contributed by atoms with Crippen LogP contribution in [0.15, 0.2) is 23.2 Å². The molecule has 1 fully saturated rings. The average Bonchev–Trinajstić information content (AvgIpc) is 2.72. The molecular weight excluding hydrogens is 398 g/mol. The fourth-order valence-corrected chi connectivity index (χ4v) is 4.19. The minimum Gasteiger partial charge on any atom is -0.370 e. The Labute approximate surface area is 181 Å². The summed E-state index contributed by atoms with van der Waals surface area (Å²) >= 11 is 1.76. The lowest BCUT2D eigenvalue weighted by molar-refractivity contribution is 0.0944. The Morgan fingerprint density at radius 1 is 1.27 bits per heavy atom. The van der Waals surface area contributed by atoms with E-state index in [4.69, 9.17) is 11.5 Å². The van der Waals surface area contributed by atoms with Gasteiger partial charge >= 0.3 is 0 Å². The highest BCUT2D eigenvalue weighted by Gasteiger charge is 2.26. The summed E-state index contributed by atoms with van der Waals surface area (Å²) in [6.45, 7) is 2.63. The molecule has 2 atom stereocenters. The van der Waals surface area contributed by atoms with E-state index in [2.05, 4.69) is 31.8 Å². The van der Waals surface area contributed by atoms with Gasteiger partial charge in [-0.2, -0.15) is 11.8 Å². The standard InChI is InChI=1S/C21H31N7OS/c1-13-8-9-15-14(12-13)18(26-16-6-3-4-7-17(16)27-21(22)23)28-19(25-15)20(29)24-10-5-11-30-2/h8-9,12,16-17H,3-7,10-11H2,1-2H3,(H,24,29)(H4,22,23,27)(H,25,26,28). The molecule has 6 N–H and O–H groups in total. The van der Waals surface area contributed by atoms with Gasteiger partial charge in [0, 0.05) is 11.9 Å². The third-order valence-electron chi connectivity index (χ3n) is 5.23. The van der Waals surface area contributed by atoms with Crippen molar-refractivity contribution in [2.45, 2.75) is 51.1 Å². The molecule has 162 valence electrons. The summed E-state index contributed by atoms with van der Waals surface area (Å²) in [5.41, 5.74) is 13.1. The van der Waals surface area contributed by atoms with Gasteiger partial charge in [-0.05, 0) is 50.3 Å². The van der Waals surface area contributed by atoms with Crippen LogP contribution in [0.25, 0.3) is 10.9 Å². The van der Waals surface area contributed by atoms with Crippen LogP contribution in [0, 0.1) is 6.92 Å². The number of carbonyl (C=O) groups is 1. The molecule has 1 aliphatic rings. The van der Waals surface area contributed by atoms with E-state index in [1.807, 2.05) is 25.1 Å². The van der Waals surface area contributed by atoms with Gasteiger partial charge in [0.15, 0.2) is 5.96 Å². The van der Waals surface area contributed by atoms with E-state index < -0.39 is 0 Å². The molecule has 8 nitrogen and oxygen atoms in total. The Balaban J connectivity index is 1.90.